The van der Waals surface area contributed by atoms with Crippen molar-refractivity contribution in [1.82, 2.24) is 9.88 Å². The van der Waals surface area contributed by atoms with Crippen LogP contribution < -0.4 is 10.6 Å². The summed E-state index contributed by atoms with van der Waals surface area (Å²) >= 11 is 7.85. The second-order valence-corrected chi connectivity index (χ2v) is 9.27. The predicted octanol–water partition coefficient (Wildman–Crippen LogP) is 6.22. The van der Waals surface area contributed by atoms with E-state index < -0.39 is 0 Å². The summed E-state index contributed by atoms with van der Waals surface area (Å²) in [6, 6.07) is 16.4. The van der Waals surface area contributed by atoms with E-state index in [1.807, 2.05) is 37.3 Å². The zero-order chi connectivity index (χ0) is 22.1. The quantitative estimate of drug-likeness (QED) is 0.453. The number of halogens is 1. The number of nitrogens with one attached hydrogen (secondary N) is 2. The van der Waals surface area contributed by atoms with Crippen LogP contribution in [-0.4, -0.2) is 16.0 Å². The largest absolute Gasteiger partial charge is 0.357 e. The van der Waals surface area contributed by atoms with Gasteiger partial charge in [-0.15, -0.1) is 0 Å². The fourth-order valence-electron chi connectivity index (χ4n) is 3.84. The molecule has 1 aliphatic rings. The Labute approximate surface area is 192 Å². The van der Waals surface area contributed by atoms with Crippen LogP contribution in [-0.2, 0) is 11.2 Å². The van der Waals surface area contributed by atoms with Crippen molar-refractivity contribution in [2.45, 2.75) is 39.6 Å². The van der Waals surface area contributed by atoms with Gasteiger partial charge >= 0.3 is 0 Å². The van der Waals surface area contributed by atoms with Gasteiger partial charge in [-0.25, -0.2) is 0 Å². The number of thioether (sulfide) groups is 1. The Hall–Kier alpha value is -2.63. The number of hydrogen-bond acceptors (Lipinski definition) is 3. The summed E-state index contributed by atoms with van der Waals surface area (Å²) in [7, 11) is 0. The Bertz CT molecular complexity index is 1160. The first kappa shape index (κ1) is 21.6. The fourth-order valence-corrected chi connectivity index (χ4v) is 4.98. The van der Waals surface area contributed by atoms with E-state index in [9.17, 15) is 4.79 Å². The Morgan fingerprint density at radius 1 is 1.16 bits per heavy atom. The summed E-state index contributed by atoms with van der Waals surface area (Å²) < 4.78 is 2.19. The molecule has 1 fully saturated rings. The standard InChI is InChI=1S/C25H26ClN3OS/c1-5-18-9-11-20(12-10-18)27-25-28-24(30)23(31-25)14-19-13-15(2)29(17(19)4)22-8-6-7-21(26)16(22)3/h6-14,25,27H,5H2,1-4H3,(H,28,30)/b23-14-/t25-/m1/s1. The normalized spacial score (nSPS) is 17.3. The van der Waals surface area contributed by atoms with Crippen molar-refractivity contribution in [3.63, 3.8) is 0 Å². The molecule has 6 heteroatoms. The van der Waals surface area contributed by atoms with Gasteiger partial charge in [-0.3, -0.25) is 4.79 Å². The third kappa shape index (κ3) is 4.39. The number of rotatable bonds is 5. The van der Waals surface area contributed by atoms with Gasteiger partial charge in [-0.05, 0) is 80.3 Å². The Morgan fingerprint density at radius 2 is 1.90 bits per heavy atom. The zero-order valence-corrected chi connectivity index (χ0v) is 19.7. The molecule has 4 nitrogen and oxygen atoms in total. The Balaban J connectivity index is 1.57. The lowest BCUT2D eigenvalue weighted by molar-refractivity contribution is -0.116. The topological polar surface area (TPSA) is 46.1 Å². The number of anilines is 1. The van der Waals surface area contributed by atoms with Crippen LogP contribution in [0.5, 0.6) is 0 Å². The first-order valence-corrected chi connectivity index (χ1v) is 11.6. The lowest BCUT2D eigenvalue weighted by Gasteiger charge is -2.13. The van der Waals surface area contributed by atoms with Crippen molar-refractivity contribution in [3.8, 4) is 5.69 Å². The fraction of sp³-hybridized carbons (Fsp3) is 0.240. The molecule has 1 saturated heterocycles. The number of benzene rings is 2. The van der Waals surface area contributed by atoms with Crippen LogP contribution in [0.25, 0.3) is 11.8 Å². The van der Waals surface area contributed by atoms with Crippen LogP contribution in [0.4, 0.5) is 5.69 Å². The molecule has 4 rings (SSSR count). The van der Waals surface area contributed by atoms with Gasteiger partial charge in [0.05, 0.1) is 4.91 Å². The van der Waals surface area contributed by atoms with Crippen molar-refractivity contribution in [2.75, 3.05) is 5.32 Å². The van der Waals surface area contributed by atoms with E-state index in [2.05, 4.69) is 60.2 Å². The van der Waals surface area contributed by atoms with Crippen LogP contribution in [0.15, 0.2) is 53.4 Å². The number of aromatic nitrogens is 1. The van der Waals surface area contributed by atoms with Crippen molar-refractivity contribution in [1.29, 1.82) is 0 Å². The third-order valence-corrected chi connectivity index (χ3v) is 7.07. The molecule has 1 aromatic heterocycles. The molecule has 31 heavy (non-hydrogen) atoms. The van der Waals surface area contributed by atoms with E-state index in [4.69, 9.17) is 11.6 Å². The van der Waals surface area contributed by atoms with Gasteiger partial charge in [0.15, 0.2) is 5.50 Å². The third-order valence-electron chi connectivity index (χ3n) is 5.63. The van der Waals surface area contributed by atoms with Crippen molar-refractivity contribution in [2.24, 2.45) is 0 Å². The van der Waals surface area contributed by atoms with E-state index in [1.54, 1.807) is 0 Å². The first-order chi connectivity index (χ1) is 14.9. The second kappa shape index (κ2) is 8.85. The van der Waals surface area contributed by atoms with Gasteiger partial charge in [-0.2, -0.15) is 0 Å². The maximum Gasteiger partial charge on any atom is 0.260 e. The van der Waals surface area contributed by atoms with Crippen LogP contribution in [0.1, 0.15) is 35.0 Å². The summed E-state index contributed by atoms with van der Waals surface area (Å²) in [5.41, 5.74) is 7.40. The predicted molar refractivity (Wildman–Crippen MR) is 132 cm³/mol. The molecule has 2 N–H and O–H groups in total. The molecular weight excluding hydrogens is 426 g/mol. The molecule has 0 saturated carbocycles. The van der Waals surface area contributed by atoms with Crippen molar-refractivity contribution < 1.29 is 4.79 Å². The molecule has 2 aromatic carbocycles. The van der Waals surface area contributed by atoms with E-state index in [-0.39, 0.29) is 11.4 Å². The van der Waals surface area contributed by atoms with E-state index in [0.717, 1.165) is 45.3 Å². The van der Waals surface area contributed by atoms with Crippen LogP contribution in [0.2, 0.25) is 5.02 Å². The maximum atomic E-state index is 12.6. The Kier molecular flexibility index (Phi) is 6.17. The van der Waals surface area contributed by atoms with Crippen LogP contribution in [0.3, 0.4) is 0 Å². The van der Waals surface area contributed by atoms with Gasteiger partial charge < -0.3 is 15.2 Å². The van der Waals surface area contributed by atoms with E-state index >= 15 is 0 Å². The minimum atomic E-state index is -0.190. The number of carbonyl (C=O) groups excluding carboxylic acids is 1. The molecule has 0 bridgehead atoms. The minimum Gasteiger partial charge on any atom is -0.357 e. The number of aryl methyl sites for hydroxylation is 2. The van der Waals surface area contributed by atoms with Gasteiger partial charge in [0.1, 0.15) is 0 Å². The maximum absolute atomic E-state index is 12.6. The second-order valence-electron chi connectivity index (χ2n) is 7.72. The summed E-state index contributed by atoms with van der Waals surface area (Å²) in [5.74, 6) is -0.0589. The highest BCUT2D eigenvalue weighted by atomic mass is 35.5. The SMILES string of the molecule is CCc1ccc(N[C@@H]2NC(=O)/C(=C/c3cc(C)n(-c4cccc(Cl)c4C)c3C)S2)cc1. The lowest BCUT2D eigenvalue weighted by atomic mass is 10.1. The molecule has 1 aliphatic heterocycles. The van der Waals surface area contributed by atoms with Gasteiger partial charge in [0.25, 0.3) is 5.91 Å². The highest BCUT2D eigenvalue weighted by Gasteiger charge is 2.27. The number of carbonyl (C=O) groups is 1. The van der Waals surface area contributed by atoms with Crippen LogP contribution >= 0.6 is 23.4 Å². The number of nitrogens with zero attached hydrogens (tertiary/aromatic N) is 1. The number of amides is 1. The average Bonchev–Trinajstić information content (AvgIpc) is 3.23. The smallest absolute Gasteiger partial charge is 0.260 e. The van der Waals surface area contributed by atoms with E-state index in [0.29, 0.717) is 4.91 Å². The first-order valence-electron chi connectivity index (χ1n) is 10.4. The van der Waals surface area contributed by atoms with Gasteiger partial charge in [-0.1, -0.05) is 48.5 Å². The van der Waals surface area contributed by atoms with Gasteiger partial charge in [0, 0.05) is 27.8 Å². The highest BCUT2D eigenvalue weighted by molar-refractivity contribution is 8.05. The molecule has 0 aliphatic carbocycles. The zero-order valence-electron chi connectivity index (χ0n) is 18.1. The summed E-state index contributed by atoms with van der Waals surface area (Å²) in [6.07, 6.45) is 2.98. The summed E-state index contributed by atoms with van der Waals surface area (Å²) in [4.78, 5) is 13.3. The lowest BCUT2D eigenvalue weighted by Crippen LogP contribution is -2.30. The molecule has 0 spiro atoms. The average molecular weight is 452 g/mol. The monoisotopic (exact) mass is 451 g/mol. The molecule has 0 radical (unpaired) electrons. The number of hydrogen-bond donors (Lipinski definition) is 2. The van der Waals surface area contributed by atoms with Gasteiger partial charge in [0.2, 0.25) is 0 Å². The molecule has 160 valence electrons. The highest BCUT2D eigenvalue weighted by Crippen LogP contribution is 2.33. The summed E-state index contributed by atoms with van der Waals surface area (Å²) in [6.45, 7) is 8.30. The molecule has 1 atom stereocenters. The molecule has 0 unspecified atom stereocenters. The van der Waals surface area contributed by atoms with Crippen molar-refractivity contribution >= 4 is 41.0 Å². The van der Waals surface area contributed by atoms with Crippen LogP contribution in [0, 0.1) is 20.8 Å². The summed E-state index contributed by atoms with van der Waals surface area (Å²) in [5, 5.41) is 7.14. The van der Waals surface area contributed by atoms with Crippen molar-refractivity contribution in [3.05, 3.63) is 86.5 Å². The van der Waals surface area contributed by atoms with E-state index in [1.165, 1.54) is 17.3 Å². The Morgan fingerprint density at radius 3 is 2.61 bits per heavy atom. The molecule has 1 amide bonds. The molecule has 2 heterocycles. The molecule has 3 aromatic rings. The molecular formula is C25H26ClN3OS. The minimum absolute atomic E-state index is 0.0589.